The second-order valence-corrected chi connectivity index (χ2v) is 8.95. The summed E-state index contributed by atoms with van der Waals surface area (Å²) in [5.74, 6) is 0.177. The van der Waals surface area contributed by atoms with E-state index in [0.29, 0.717) is 11.4 Å². The highest BCUT2D eigenvalue weighted by atomic mass is 32.2. The van der Waals surface area contributed by atoms with Crippen LogP contribution in [0.4, 0.5) is 0 Å². The third kappa shape index (κ3) is 5.30. The number of hydrogen-bond acceptors (Lipinski definition) is 5. The summed E-state index contributed by atoms with van der Waals surface area (Å²) in [7, 11) is -2.04. The van der Waals surface area contributed by atoms with Crippen LogP contribution < -0.4 is 10.1 Å². The molecule has 152 valence electrons. The van der Waals surface area contributed by atoms with Gasteiger partial charge < -0.3 is 10.1 Å². The number of carbonyl (C=O) groups is 1. The fraction of sp³-hybridized carbons (Fsp3) is 0.400. The van der Waals surface area contributed by atoms with Gasteiger partial charge in [-0.15, -0.1) is 0 Å². The molecule has 0 fully saturated rings. The Morgan fingerprint density at radius 1 is 1.14 bits per heavy atom. The summed E-state index contributed by atoms with van der Waals surface area (Å²) < 4.78 is 31.9. The van der Waals surface area contributed by atoms with E-state index in [9.17, 15) is 13.2 Å². The first-order chi connectivity index (χ1) is 13.1. The molecule has 0 aliphatic rings. The maximum Gasteiger partial charge on any atom is 0.251 e. The molecule has 0 radical (unpaired) electrons. The molecular weight excluding hydrogens is 378 g/mol. The van der Waals surface area contributed by atoms with Crippen LogP contribution in [0, 0.1) is 0 Å². The average molecular weight is 406 g/mol. The molecule has 8 heteroatoms. The van der Waals surface area contributed by atoms with Gasteiger partial charge in [0.05, 0.1) is 11.0 Å². The quantitative estimate of drug-likeness (QED) is 0.730. The van der Waals surface area contributed by atoms with Crippen LogP contribution in [0.25, 0.3) is 0 Å². The van der Waals surface area contributed by atoms with Crippen molar-refractivity contribution in [1.82, 2.24) is 14.6 Å². The highest BCUT2D eigenvalue weighted by molar-refractivity contribution is 7.89. The average Bonchev–Trinajstić information content (AvgIpc) is 2.66. The van der Waals surface area contributed by atoms with Gasteiger partial charge >= 0.3 is 0 Å². The number of pyridine rings is 1. The zero-order valence-electron chi connectivity index (χ0n) is 16.8. The van der Waals surface area contributed by atoms with Crippen molar-refractivity contribution in [1.29, 1.82) is 0 Å². The van der Waals surface area contributed by atoms with Gasteiger partial charge in [-0.2, -0.15) is 4.31 Å². The Labute approximate surface area is 166 Å². The summed E-state index contributed by atoms with van der Waals surface area (Å²) in [5.41, 5.74) is 1.14. The summed E-state index contributed by atoms with van der Waals surface area (Å²) in [4.78, 5) is 16.8. The Morgan fingerprint density at radius 2 is 1.79 bits per heavy atom. The number of carbonyl (C=O) groups excluding carboxylic acids is 1. The molecular formula is C20H27N3O4S. The van der Waals surface area contributed by atoms with Crippen molar-refractivity contribution in [3.8, 4) is 5.88 Å². The maximum atomic E-state index is 12.5. The van der Waals surface area contributed by atoms with Crippen molar-refractivity contribution in [2.45, 2.75) is 51.3 Å². The molecule has 0 atom stereocenters. The zero-order chi connectivity index (χ0) is 20.9. The van der Waals surface area contributed by atoms with Gasteiger partial charge in [0.25, 0.3) is 5.91 Å². The van der Waals surface area contributed by atoms with Crippen molar-refractivity contribution in [3.05, 3.63) is 53.7 Å². The molecule has 0 unspecified atom stereocenters. The number of rotatable bonds is 8. The van der Waals surface area contributed by atoms with Crippen LogP contribution in [0.2, 0.25) is 0 Å². The van der Waals surface area contributed by atoms with E-state index < -0.39 is 10.0 Å². The summed E-state index contributed by atoms with van der Waals surface area (Å²) in [6.45, 7) is 7.67. The Balaban J connectivity index is 2.09. The second-order valence-electron chi connectivity index (χ2n) is 6.96. The highest BCUT2D eigenvalue weighted by Crippen LogP contribution is 2.18. The highest BCUT2D eigenvalue weighted by Gasteiger charge is 2.23. The first-order valence-electron chi connectivity index (χ1n) is 9.09. The van der Waals surface area contributed by atoms with Crippen LogP contribution in [-0.2, 0) is 16.6 Å². The van der Waals surface area contributed by atoms with E-state index in [-0.39, 0.29) is 29.5 Å². The third-order valence-electron chi connectivity index (χ3n) is 4.16. The predicted molar refractivity (Wildman–Crippen MR) is 108 cm³/mol. The molecule has 0 saturated carbocycles. The summed E-state index contributed by atoms with van der Waals surface area (Å²) >= 11 is 0. The molecule has 0 saturated heterocycles. The number of aromatic nitrogens is 1. The smallest absolute Gasteiger partial charge is 0.251 e. The lowest BCUT2D eigenvalue weighted by atomic mass is 10.2. The van der Waals surface area contributed by atoms with Gasteiger partial charge in [-0.3, -0.25) is 4.79 Å². The Kier molecular flexibility index (Phi) is 7.15. The van der Waals surface area contributed by atoms with Crippen molar-refractivity contribution < 1.29 is 17.9 Å². The number of nitrogens with zero attached hydrogens (tertiary/aromatic N) is 2. The fourth-order valence-corrected chi connectivity index (χ4v) is 3.76. The SMILES string of the molecule is CC(C)Oc1ncccc1CNC(=O)c1ccc(S(=O)(=O)N(C)C(C)C)cc1. The van der Waals surface area contributed by atoms with Gasteiger partial charge in [0.2, 0.25) is 15.9 Å². The van der Waals surface area contributed by atoms with Crippen LogP contribution in [0.3, 0.4) is 0 Å². The monoisotopic (exact) mass is 405 g/mol. The molecule has 0 spiro atoms. The molecule has 1 amide bonds. The fourth-order valence-electron chi connectivity index (χ4n) is 2.39. The van der Waals surface area contributed by atoms with Gasteiger partial charge in [-0.25, -0.2) is 13.4 Å². The van der Waals surface area contributed by atoms with Crippen LogP contribution >= 0.6 is 0 Å². The standard InChI is InChI=1S/C20H27N3O4S/c1-14(2)23(5)28(25,26)18-10-8-16(9-11-18)19(24)22-13-17-7-6-12-21-20(17)27-15(3)4/h6-12,14-15H,13H2,1-5H3,(H,22,24). The van der Waals surface area contributed by atoms with Crippen LogP contribution in [0.1, 0.15) is 43.6 Å². The molecule has 2 rings (SSSR count). The number of sulfonamides is 1. The van der Waals surface area contributed by atoms with E-state index in [4.69, 9.17) is 4.74 Å². The number of hydrogen-bond donors (Lipinski definition) is 1. The van der Waals surface area contributed by atoms with Crippen molar-refractivity contribution in [2.75, 3.05) is 7.05 Å². The Morgan fingerprint density at radius 3 is 2.36 bits per heavy atom. The molecule has 2 aromatic rings. The lowest BCUT2D eigenvalue weighted by Crippen LogP contribution is -2.33. The lowest BCUT2D eigenvalue weighted by Gasteiger charge is -2.21. The number of benzene rings is 1. The minimum absolute atomic E-state index is 0.0252. The maximum absolute atomic E-state index is 12.5. The molecule has 0 aliphatic carbocycles. The third-order valence-corrected chi connectivity index (χ3v) is 6.21. The van der Waals surface area contributed by atoms with E-state index in [1.165, 1.54) is 35.6 Å². The lowest BCUT2D eigenvalue weighted by molar-refractivity contribution is 0.0950. The molecule has 1 aromatic heterocycles. The minimum atomic E-state index is -3.58. The van der Waals surface area contributed by atoms with E-state index in [1.54, 1.807) is 26.1 Å². The topological polar surface area (TPSA) is 88.6 Å². The first-order valence-corrected chi connectivity index (χ1v) is 10.5. The minimum Gasteiger partial charge on any atom is -0.475 e. The summed E-state index contributed by atoms with van der Waals surface area (Å²) in [6.07, 6.45) is 1.61. The molecule has 1 heterocycles. The van der Waals surface area contributed by atoms with Crippen molar-refractivity contribution >= 4 is 15.9 Å². The van der Waals surface area contributed by atoms with Gasteiger partial charge in [0, 0.05) is 37.0 Å². The molecule has 1 N–H and O–H groups in total. The Hall–Kier alpha value is -2.45. The van der Waals surface area contributed by atoms with Gasteiger partial charge in [-0.05, 0) is 58.0 Å². The van der Waals surface area contributed by atoms with E-state index >= 15 is 0 Å². The zero-order valence-corrected chi connectivity index (χ0v) is 17.7. The van der Waals surface area contributed by atoms with Gasteiger partial charge in [0.15, 0.2) is 0 Å². The molecule has 7 nitrogen and oxygen atoms in total. The largest absolute Gasteiger partial charge is 0.475 e. The number of nitrogens with one attached hydrogen (secondary N) is 1. The number of amides is 1. The summed E-state index contributed by atoms with van der Waals surface area (Å²) in [5, 5.41) is 2.81. The molecule has 28 heavy (non-hydrogen) atoms. The van der Waals surface area contributed by atoms with Crippen molar-refractivity contribution in [2.24, 2.45) is 0 Å². The van der Waals surface area contributed by atoms with Gasteiger partial charge in [-0.1, -0.05) is 6.07 Å². The van der Waals surface area contributed by atoms with E-state index in [2.05, 4.69) is 10.3 Å². The predicted octanol–water partition coefficient (Wildman–Crippen LogP) is 2.83. The molecule has 1 aromatic carbocycles. The normalized spacial score (nSPS) is 11.9. The molecule has 0 bridgehead atoms. The summed E-state index contributed by atoms with van der Waals surface area (Å²) in [6, 6.07) is 9.36. The van der Waals surface area contributed by atoms with E-state index in [1.807, 2.05) is 19.9 Å². The van der Waals surface area contributed by atoms with Crippen LogP contribution in [0.15, 0.2) is 47.5 Å². The first kappa shape index (κ1) is 21.8. The Bertz CT molecular complexity index is 909. The molecule has 0 aliphatic heterocycles. The van der Waals surface area contributed by atoms with Crippen LogP contribution in [0.5, 0.6) is 5.88 Å². The van der Waals surface area contributed by atoms with Crippen LogP contribution in [-0.4, -0.2) is 42.8 Å². The van der Waals surface area contributed by atoms with Crippen molar-refractivity contribution in [3.63, 3.8) is 0 Å². The second kappa shape index (κ2) is 9.16. The number of ether oxygens (including phenoxy) is 1. The van der Waals surface area contributed by atoms with E-state index in [0.717, 1.165) is 5.56 Å². The van der Waals surface area contributed by atoms with Gasteiger partial charge in [0.1, 0.15) is 0 Å².